The van der Waals surface area contributed by atoms with Gasteiger partial charge in [-0.3, -0.25) is 4.79 Å². The molecule has 0 saturated carbocycles. The summed E-state index contributed by atoms with van der Waals surface area (Å²) in [7, 11) is 1.66. The van der Waals surface area contributed by atoms with Crippen LogP contribution in [0.2, 0.25) is 0 Å². The van der Waals surface area contributed by atoms with Gasteiger partial charge in [-0.05, 0) is 55.5 Å². The van der Waals surface area contributed by atoms with Crippen LogP contribution in [0.25, 0.3) is 0 Å². The summed E-state index contributed by atoms with van der Waals surface area (Å²) >= 11 is 0. The topological polar surface area (TPSA) is 38.8 Å². The molecule has 1 heterocycles. The van der Waals surface area contributed by atoms with Crippen molar-refractivity contribution in [1.29, 1.82) is 0 Å². The molecule has 0 aromatic heterocycles. The molecule has 0 aliphatic carbocycles. The number of carbonyl (C=O) groups is 1. The predicted octanol–water partition coefficient (Wildman–Crippen LogP) is 4.14. The Morgan fingerprint density at radius 3 is 2.72 bits per heavy atom. The average molecular weight is 339 g/mol. The van der Waals surface area contributed by atoms with Crippen molar-refractivity contribution in [1.82, 2.24) is 0 Å². The van der Waals surface area contributed by atoms with Crippen molar-refractivity contribution in [3.8, 4) is 11.5 Å². The van der Waals surface area contributed by atoms with E-state index in [0.717, 1.165) is 36.6 Å². The smallest absolute Gasteiger partial charge is 0.227 e. The number of ether oxygens (including phenoxy) is 2. The lowest BCUT2D eigenvalue weighted by molar-refractivity contribution is -0.118. The molecule has 0 fully saturated rings. The van der Waals surface area contributed by atoms with Gasteiger partial charge in [0, 0.05) is 13.0 Å². The Bertz CT molecular complexity index is 727. The van der Waals surface area contributed by atoms with E-state index in [2.05, 4.69) is 13.0 Å². The predicted molar refractivity (Wildman–Crippen MR) is 99.6 cm³/mol. The van der Waals surface area contributed by atoms with Crippen molar-refractivity contribution in [3.05, 3.63) is 53.6 Å². The largest absolute Gasteiger partial charge is 0.495 e. The van der Waals surface area contributed by atoms with Crippen molar-refractivity contribution in [2.24, 2.45) is 0 Å². The highest BCUT2D eigenvalue weighted by Gasteiger charge is 2.26. The lowest BCUT2D eigenvalue weighted by Gasteiger charge is -2.32. The molecule has 0 N–H and O–H groups in total. The summed E-state index contributed by atoms with van der Waals surface area (Å²) in [4.78, 5) is 14.7. The minimum Gasteiger partial charge on any atom is -0.495 e. The number of para-hydroxylation sites is 1. The molecule has 0 bridgehead atoms. The number of rotatable bonds is 6. The molecule has 1 aliphatic rings. The van der Waals surface area contributed by atoms with Crippen LogP contribution in [0.4, 0.5) is 5.69 Å². The summed E-state index contributed by atoms with van der Waals surface area (Å²) in [5, 5.41) is 0. The van der Waals surface area contributed by atoms with E-state index in [1.807, 2.05) is 41.3 Å². The van der Waals surface area contributed by atoms with E-state index in [1.54, 1.807) is 7.11 Å². The average Bonchev–Trinajstić information content (AvgIpc) is 2.66. The Morgan fingerprint density at radius 1 is 1.16 bits per heavy atom. The second-order valence-electron chi connectivity index (χ2n) is 6.33. The number of hydrogen-bond acceptors (Lipinski definition) is 3. The fourth-order valence-electron chi connectivity index (χ4n) is 3.33. The van der Waals surface area contributed by atoms with Gasteiger partial charge in [-0.1, -0.05) is 24.3 Å². The maximum Gasteiger partial charge on any atom is 0.227 e. The molecule has 2 aromatic rings. The Kier molecular flexibility index (Phi) is 5.59. The van der Waals surface area contributed by atoms with E-state index in [4.69, 9.17) is 9.47 Å². The zero-order valence-electron chi connectivity index (χ0n) is 15.0. The molecule has 25 heavy (non-hydrogen) atoms. The Balaban J connectivity index is 1.63. The van der Waals surface area contributed by atoms with Gasteiger partial charge < -0.3 is 14.4 Å². The van der Waals surface area contributed by atoms with E-state index in [1.165, 1.54) is 11.1 Å². The van der Waals surface area contributed by atoms with Gasteiger partial charge in [0.1, 0.15) is 11.5 Å². The lowest BCUT2D eigenvalue weighted by Crippen LogP contribution is -2.36. The first-order chi connectivity index (χ1) is 12.2. The van der Waals surface area contributed by atoms with Crippen LogP contribution >= 0.6 is 0 Å². The first-order valence-corrected chi connectivity index (χ1v) is 8.85. The molecule has 1 amide bonds. The fraction of sp³-hybridized carbons (Fsp3) is 0.381. The molecule has 4 heteroatoms. The van der Waals surface area contributed by atoms with Crippen LogP contribution in [0.1, 0.15) is 30.4 Å². The Labute approximate surface area is 149 Å². The second-order valence-corrected chi connectivity index (χ2v) is 6.33. The van der Waals surface area contributed by atoms with Gasteiger partial charge in [0.15, 0.2) is 0 Å². The monoisotopic (exact) mass is 339 g/mol. The molecule has 0 saturated heterocycles. The normalized spacial score (nSPS) is 13.3. The first-order valence-electron chi connectivity index (χ1n) is 8.85. The lowest BCUT2D eigenvalue weighted by atomic mass is 9.96. The summed E-state index contributed by atoms with van der Waals surface area (Å²) in [6.45, 7) is 3.40. The van der Waals surface area contributed by atoms with Gasteiger partial charge in [-0.2, -0.15) is 0 Å². The molecule has 0 unspecified atom stereocenters. The molecule has 0 spiro atoms. The van der Waals surface area contributed by atoms with E-state index < -0.39 is 0 Å². The van der Waals surface area contributed by atoms with Gasteiger partial charge in [0.2, 0.25) is 5.91 Å². The SMILES string of the molecule is COc1ccc(C)c2c1N(C(=O)CCCOc1ccccc1)CCC2. The first kappa shape index (κ1) is 17.3. The minimum absolute atomic E-state index is 0.140. The highest BCUT2D eigenvalue weighted by atomic mass is 16.5. The van der Waals surface area contributed by atoms with Crippen molar-refractivity contribution in [2.75, 3.05) is 25.2 Å². The number of carbonyl (C=O) groups excluding carboxylic acids is 1. The van der Waals surface area contributed by atoms with Gasteiger partial charge in [-0.15, -0.1) is 0 Å². The summed E-state index contributed by atoms with van der Waals surface area (Å²) in [5.74, 6) is 1.77. The molecular weight excluding hydrogens is 314 g/mol. The molecule has 132 valence electrons. The molecule has 4 nitrogen and oxygen atoms in total. The summed E-state index contributed by atoms with van der Waals surface area (Å²) in [6, 6.07) is 13.7. The standard InChI is InChI=1S/C21H25NO3/c1-16-12-13-19(24-2)21-18(16)10-6-14-22(21)20(23)11-7-15-25-17-8-4-3-5-9-17/h3-5,8-9,12-13H,6-7,10-11,14-15H2,1-2H3. The number of fused-ring (bicyclic) bond motifs is 1. The number of nitrogens with zero attached hydrogens (tertiary/aromatic N) is 1. The molecule has 0 atom stereocenters. The maximum atomic E-state index is 12.8. The summed E-state index contributed by atoms with van der Waals surface area (Å²) < 4.78 is 11.2. The number of benzene rings is 2. The molecule has 3 rings (SSSR count). The minimum atomic E-state index is 0.140. The zero-order chi connectivity index (χ0) is 17.6. The second kappa shape index (κ2) is 8.06. The zero-order valence-corrected chi connectivity index (χ0v) is 15.0. The van der Waals surface area contributed by atoms with Crippen LogP contribution in [0.15, 0.2) is 42.5 Å². The van der Waals surface area contributed by atoms with Crippen LogP contribution in [0, 0.1) is 6.92 Å². The Morgan fingerprint density at radius 2 is 1.96 bits per heavy atom. The molecule has 0 radical (unpaired) electrons. The number of hydrogen-bond donors (Lipinski definition) is 0. The van der Waals surface area contributed by atoms with Gasteiger partial charge in [-0.25, -0.2) is 0 Å². The van der Waals surface area contributed by atoms with Crippen molar-refractivity contribution < 1.29 is 14.3 Å². The van der Waals surface area contributed by atoms with Crippen LogP contribution in [-0.2, 0) is 11.2 Å². The van der Waals surface area contributed by atoms with Crippen molar-refractivity contribution >= 4 is 11.6 Å². The highest BCUT2D eigenvalue weighted by molar-refractivity contribution is 5.96. The van der Waals surface area contributed by atoms with E-state index in [-0.39, 0.29) is 5.91 Å². The molecule has 1 aliphatic heterocycles. The van der Waals surface area contributed by atoms with Crippen LogP contribution in [0.5, 0.6) is 11.5 Å². The van der Waals surface area contributed by atoms with Crippen molar-refractivity contribution in [3.63, 3.8) is 0 Å². The van der Waals surface area contributed by atoms with Gasteiger partial charge >= 0.3 is 0 Å². The van der Waals surface area contributed by atoms with Gasteiger partial charge in [0.25, 0.3) is 0 Å². The third-order valence-corrected chi connectivity index (χ3v) is 4.63. The fourth-order valence-corrected chi connectivity index (χ4v) is 3.33. The van der Waals surface area contributed by atoms with E-state index >= 15 is 0 Å². The molecule has 2 aromatic carbocycles. The number of aryl methyl sites for hydroxylation is 1. The number of amides is 1. The highest BCUT2D eigenvalue weighted by Crippen LogP contribution is 2.38. The van der Waals surface area contributed by atoms with Crippen molar-refractivity contribution in [2.45, 2.75) is 32.6 Å². The number of anilines is 1. The Hall–Kier alpha value is -2.49. The number of methoxy groups -OCH3 is 1. The maximum absolute atomic E-state index is 12.8. The van der Waals surface area contributed by atoms with Crippen LogP contribution in [-0.4, -0.2) is 26.2 Å². The quantitative estimate of drug-likeness (QED) is 0.743. The molecular formula is C21H25NO3. The third kappa shape index (κ3) is 3.95. The van der Waals surface area contributed by atoms with Gasteiger partial charge in [0.05, 0.1) is 19.4 Å². The third-order valence-electron chi connectivity index (χ3n) is 4.63. The van der Waals surface area contributed by atoms with Crippen LogP contribution < -0.4 is 14.4 Å². The van der Waals surface area contributed by atoms with Crippen LogP contribution in [0.3, 0.4) is 0 Å². The van der Waals surface area contributed by atoms with E-state index in [9.17, 15) is 4.79 Å². The summed E-state index contributed by atoms with van der Waals surface area (Å²) in [6.07, 6.45) is 3.17. The van der Waals surface area contributed by atoms with E-state index in [0.29, 0.717) is 19.4 Å². The summed E-state index contributed by atoms with van der Waals surface area (Å²) in [5.41, 5.74) is 3.42.